The average Bonchev–Trinajstić information content (AvgIpc) is 2.47. The minimum Gasteiger partial charge on any atom is -0.482 e. The Balaban J connectivity index is 2.49. The average molecular weight is 366 g/mol. The number of thioether (sulfide) groups is 1. The summed E-state index contributed by atoms with van der Waals surface area (Å²) in [6.07, 6.45) is 0.359. The Morgan fingerprint density at radius 2 is 2.14 bits per heavy atom. The molecule has 1 aromatic rings. The van der Waals surface area contributed by atoms with Crippen molar-refractivity contribution in [1.29, 1.82) is 0 Å². The second-order valence-electron chi connectivity index (χ2n) is 4.31. The van der Waals surface area contributed by atoms with E-state index in [1.54, 1.807) is 23.9 Å². The van der Waals surface area contributed by atoms with Gasteiger partial charge < -0.3 is 15.2 Å². The first-order valence-corrected chi connectivity index (χ1v) is 8.52. The van der Waals surface area contributed by atoms with E-state index < -0.39 is 17.9 Å². The van der Waals surface area contributed by atoms with Gasteiger partial charge in [0.1, 0.15) is 11.8 Å². The van der Waals surface area contributed by atoms with Gasteiger partial charge in [-0.3, -0.25) is 4.79 Å². The van der Waals surface area contributed by atoms with Gasteiger partial charge in [0, 0.05) is 11.1 Å². The maximum atomic E-state index is 11.8. The zero-order valence-electron chi connectivity index (χ0n) is 12.0. The molecule has 0 heterocycles. The van der Waals surface area contributed by atoms with Crippen molar-refractivity contribution in [3.8, 4) is 5.75 Å². The van der Waals surface area contributed by atoms with Crippen molar-refractivity contribution in [2.75, 3.05) is 18.1 Å². The third-order valence-corrected chi connectivity index (χ3v) is 4.12. The van der Waals surface area contributed by atoms with E-state index in [1.165, 1.54) is 6.07 Å². The number of carboxylic acid groups (broad SMARTS) is 1. The van der Waals surface area contributed by atoms with Gasteiger partial charge in [-0.1, -0.05) is 30.1 Å². The number of nitrogens with one attached hydrogen (secondary N) is 1. The topological polar surface area (TPSA) is 75.6 Å². The first kappa shape index (κ1) is 18.9. The number of benzene rings is 1. The molecule has 0 aliphatic heterocycles. The summed E-state index contributed by atoms with van der Waals surface area (Å²) in [6, 6.07) is 3.72. The number of amides is 1. The number of carboxylic acids is 1. The minimum absolute atomic E-state index is 0.276. The molecule has 0 aliphatic rings. The highest BCUT2D eigenvalue weighted by molar-refractivity contribution is 7.99. The third kappa shape index (κ3) is 6.77. The van der Waals surface area contributed by atoms with Crippen LogP contribution >= 0.6 is 35.0 Å². The second-order valence-corrected chi connectivity index (χ2v) is 6.54. The Morgan fingerprint density at radius 3 is 2.77 bits per heavy atom. The van der Waals surface area contributed by atoms with Crippen LogP contribution in [0.15, 0.2) is 18.2 Å². The minimum atomic E-state index is -1.06. The predicted octanol–water partition coefficient (Wildman–Crippen LogP) is 3.08. The van der Waals surface area contributed by atoms with Gasteiger partial charge in [-0.15, -0.1) is 0 Å². The number of hydrogen-bond acceptors (Lipinski definition) is 4. The molecule has 0 radical (unpaired) electrons. The lowest BCUT2D eigenvalue weighted by atomic mass is 10.2. The first-order valence-electron chi connectivity index (χ1n) is 6.61. The SMILES string of the molecule is CCSCCC(NC(=O)COc1cc(Cl)ccc1Cl)C(=O)O. The largest absolute Gasteiger partial charge is 0.482 e. The van der Waals surface area contributed by atoms with Crippen LogP contribution < -0.4 is 10.1 Å². The van der Waals surface area contributed by atoms with E-state index in [9.17, 15) is 9.59 Å². The molecule has 0 bridgehead atoms. The molecule has 0 aliphatic carbocycles. The van der Waals surface area contributed by atoms with Crippen molar-refractivity contribution in [3.05, 3.63) is 28.2 Å². The van der Waals surface area contributed by atoms with Crippen LogP contribution in [0.3, 0.4) is 0 Å². The van der Waals surface area contributed by atoms with Crippen molar-refractivity contribution < 1.29 is 19.4 Å². The number of ether oxygens (including phenoxy) is 1. The molecule has 8 heteroatoms. The van der Waals surface area contributed by atoms with Crippen molar-refractivity contribution in [3.63, 3.8) is 0 Å². The molecule has 0 aromatic heterocycles. The van der Waals surface area contributed by atoms with Gasteiger partial charge in [0.25, 0.3) is 5.91 Å². The van der Waals surface area contributed by atoms with E-state index in [1.807, 2.05) is 6.92 Å². The number of aliphatic carboxylic acids is 1. The zero-order valence-corrected chi connectivity index (χ0v) is 14.3. The first-order chi connectivity index (χ1) is 10.4. The van der Waals surface area contributed by atoms with Crippen molar-refractivity contribution in [2.24, 2.45) is 0 Å². The normalized spacial score (nSPS) is 11.8. The maximum Gasteiger partial charge on any atom is 0.326 e. The summed E-state index contributed by atoms with van der Waals surface area (Å²) < 4.78 is 5.26. The number of halogens is 2. The molecule has 22 heavy (non-hydrogen) atoms. The molecular formula is C14H17Cl2NO4S. The lowest BCUT2D eigenvalue weighted by Crippen LogP contribution is -2.43. The van der Waals surface area contributed by atoms with Crippen LogP contribution in [0.25, 0.3) is 0 Å². The van der Waals surface area contributed by atoms with Gasteiger partial charge in [-0.25, -0.2) is 4.79 Å². The second kappa shape index (κ2) is 9.82. The molecule has 1 aromatic carbocycles. The zero-order chi connectivity index (χ0) is 16.5. The van der Waals surface area contributed by atoms with Crippen LogP contribution in [0.1, 0.15) is 13.3 Å². The Labute approximate surface area is 143 Å². The lowest BCUT2D eigenvalue weighted by molar-refractivity contribution is -0.142. The molecule has 2 N–H and O–H groups in total. The van der Waals surface area contributed by atoms with Crippen molar-refractivity contribution in [1.82, 2.24) is 5.32 Å². The molecule has 0 saturated heterocycles. The van der Waals surface area contributed by atoms with Gasteiger partial charge in [0.15, 0.2) is 6.61 Å². The fraction of sp³-hybridized carbons (Fsp3) is 0.429. The van der Waals surface area contributed by atoms with E-state index >= 15 is 0 Å². The Bertz CT molecular complexity index is 528. The van der Waals surface area contributed by atoms with E-state index in [2.05, 4.69) is 5.32 Å². The predicted molar refractivity (Wildman–Crippen MR) is 89.1 cm³/mol. The van der Waals surface area contributed by atoms with Gasteiger partial charge in [-0.2, -0.15) is 11.8 Å². The molecule has 0 spiro atoms. The summed E-state index contributed by atoms with van der Waals surface area (Å²) >= 11 is 13.3. The molecule has 1 atom stereocenters. The van der Waals surface area contributed by atoms with Crippen LogP contribution in [-0.4, -0.2) is 41.1 Å². The fourth-order valence-corrected chi connectivity index (χ4v) is 2.60. The summed E-state index contributed by atoms with van der Waals surface area (Å²) in [4.78, 5) is 22.9. The van der Waals surface area contributed by atoms with E-state index in [-0.39, 0.29) is 12.4 Å². The molecule has 1 amide bonds. The summed E-state index contributed by atoms with van der Waals surface area (Å²) in [6.45, 7) is 1.66. The summed E-state index contributed by atoms with van der Waals surface area (Å²) in [5.41, 5.74) is 0. The van der Waals surface area contributed by atoms with Crippen LogP contribution in [0.4, 0.5) is 0 Å². The van der Waals surface area contributed by atoms with Gasteiger partial charge >= 0.3 is 5.97 Å². The van der Waals surface area contributed by atoms with Crippen molar-refractivity contribution >= 4 is 46.8 Å². The van der Waals surface area contributed by atoms with Crippen LogP contribution in [-0.2, 0) is 9.59 Å². The Hall–Kier alpha value is -1.11. The lowest BCUT2D eigenvalue weighted by Gasteiger charge is -2.15. The summed E-state index contributed by atoms with van der Waals surface area (Å²) in [5.74, 6) is 0.249. The highest BCUT2D eigenvalue weighted by atomic mass is 35.5. The third-order valence-electron chi connectivity index (χ3n) is 2.64. The molecule has 0 saturated carbocycles. The fourth-order valence-electron chi connectivity index (χ4n) is 1.57. The number of rotatable bonds is 9. The molecule has 1 rings (SSSR count). The molecule has 1 unspecified atom stereocenters. The quantitative estimate of drug-likeness (QED) is 0.657. The Morgan fingerprint density at radius 1 is 1.41 bits per heavy atom. The van der Waals surface area contributed by atoms with Gasteiger partial charge in [0.05, 0.1) is 5.02 Å². The van der Waals surface area contributed by atoms with E-state index in [0.717, 1.165) is 5.75 Å². The smallest absolute Gasteiger partial charge is 0.326 e. The highest BCUT2D eigenvalue weighted by Gasteiger charge is 2.19. The monoisotopic (exact) mass is 365 g/mol. The molecule has 122 valence electrons. The molecular weight excluding hydrogens is 349 g/mol. The number of carbonyl (C=O) groups is 2. The Kier molecular flexibility index (Phi) is 8.45. The van der Waals surface area contributed by atoms with Crippen LogP contribution in [0, 0.1) is 0 Å². The van der Waals surface area contributed by atoms with Gasteiger partial charge in [-0.05, 0) is 30.1 Å². The van der Waals surface area contributed by atoms with Crippen LogP contribution in [0.2, 0.25) is 10.0 Å². The maximum absolute atomic E-state index is 11.8. The number of hydrogen-bond donors (Lipinski definition) is 2. The van der Waals surface area contributed by atoms with E-state index in [0.29, 0.717) is 22.2 Å². The number of carbonyl (C=O) groups excluding carboxylic acids is 1. The summed E-state index contributed by atoms with van der Waals surface area (Å²) in [5, 5.41) is 12.3. The van der Waals surface area contributed by atoms with Crippen molar-refractivity contribution in [2.45, 2.75) is 19.4 Å². The molecule has 5 nitrogen and oxygen atoms in total. The van der Waals surface area contributed by atoms with Gasteiger partial charge in [0.2, 0.25) is 0 Å². The summed E-state index contributed by atoms with van der Waals surface area (Å²) in [7, 11) is 0. The van der Waals surface area contributed by atoms with E-state index in [4.69, 9.17) is 33.0 Å². The standard InChI is InChI=1S/C14H17Cl2NO4S/c1-2-22-6-5-11(14(19)20)17-13(18)8-21-12-7-9(15)3-4-10(12)16/h3-4,7,11H,2,5-6,8H2,1H3,(H,17,18)(H,19,20). The molecule has 0 fully saturated rings. The highest BCUT2D eigenvalue weighted by Crippen LogP contribution is 2.27. The van der Waals surface area contributed by atoms with Crippen LogP contribution in [0.5, 0.6) is 5.75 Å².